The first-order valence-corrected chi connectivity index (χ1v) is 14.2. The van der Waals surface area contributed by atoms with E-state index in [-0.39, 0.29) is 48.0 Å². The van der Waals surface area contributed by atoms with E-state index >= 15 is 0 Å². The van der Waals surface area contributed by atoms with Gasteiger partial charge in [0.2, 0.25) is 0 Å². The lowest BCUT2D eigenvalue weighted by molar-refractivity contribution is -0.141. The first-order chi connectivity index (χ1) is 20.3. The molecule has 1 aromatic heterocycles. The van der Waals surface area contributed by atoms with Crippen LogP contribution in [0.4, 0.5) is 24.5 Å². The van der Waals surface area contributed by atoms with Crippen molar-refractivity contribution in [2.75, 3.05) is 23.5 Å². The SMILES string of the molecule is COSN(C)c1cc(-c2ccc(-n3cc(C(F)(F)F)nc3C)c(N(N)/C(=C\N)c3ccc(Cl)cc3Cl)c2)cc(Cl)c1CO.S. The molecule has 8 nitrogen and oxygen atoms in total. The summed E-state index contributed by atoms with van der Waals surface area (Å²) in [7, 11) is 3.25. The van der Waals surface area contributed by atoms with E-state index in [1.807, 2.05) is 0 Å². The molecule has 0 radical (unpaired) electrons. The van der Waals surface area contributed by atoms with E-state index in [0.717, 1.165) is 18.4 Å². The van der Waals surface area contributed by atoms with Gasteiger partial charge in [-0.15, -0.1) is 0 Å². The number of aliphatic hydroxyl groups excluding tert-OH is 1. The standard InChI is InChI=1S/C28H26Cl3F3N6O2S.H2S/c1-15-37-27(28(32,33)34)13-39(15)23-7-4-16(17-8-21(30)20(14-41)24(10-17)38(2)43-42-3)9-25(23)40(36)26(12-35)19-6-5-18(29)11-22(19)31;/h4-13,41H,14,35-36H2,1-3H3;1H2/b26-12-;. The molecule has 0 saturated carbocycles. The van der Waals surface area contributed by atoms with Crippen LogP contribution in [0.1, 0.15) is 22.6 Å². The van der Waals surface area contributed by atoms with E-state index in [0.29, 0.717) is 38.0 Å². The summed E-state index contributed by atoms with van der Waals surface area (Å²) >= 11 is 20.1. The minimum absolute atomic E-state index is 0. The fourth-order valence-electron chi connectivity index (χ4n) is 4.46. The van der Waals surface area contributed by atoms with Crippen molar-refractivity contribution in [2.45, 2.75) is 19.7 Å². The predicted octanol–water partition coefficient (Wildman–Crippen LogP) is 7.72. The summed E-state index contributed by atoms with van der Waals surface area (Å²) < 4.78 is 48.9. The molecule has 0 unspecified atom stereocenters. The summed E-state index contributed by atoms with van der Waals surface area (Å²) in [6.07, 6.45) is -2.54. The molecule has 5 N–H and O–H groups in total. The Bertz CT molecular complexity index is 1690. The highest BCUT2D eigenvalue weighted by Crippen LogP contribution is 2.40. The number of hydrazine groups is 1. The van der Waals surface area contributed by atoms with E-state index in [9.17, 15) is 18.3 Å². The summed E-state index contributed by atoms with van der Waals surface area (Å²) in [5.41, 5.74) is 8.47. The highest BCUT2D eigenvalue weighted by Gasteiger charge is 2.35. The van der Waals surface area contributed by atoms with Gasteiger partial charge in [0.15, 0.2) is 5.69 Å². The second kappa shape index (κ2) is 14.6. The molecule has 1 heterocycles. The van der Waals surface area contributed by atoms with Crippen LogP contribution in [0.3, 0.4) is 0 Å². The number of nitrogens with two attached hydrogens (primary N) is 2. The van der Waals surface area contributed by atoms with Crippen LogP contribution in [0.5, 0.6) is 0 Å². The Morgan fingerprint density at radius 1 is 1.07 bits per heavy atom. The van der Waals surface area contributed by atoms with Crippen LogP contribution in [0.25, 0.3) is 22.5 Å². The zero-order valence-corrected chi connectivity index (χ0v) is 27.5. The number of anilines is 2. The van der Waals surface area contributed by atoms with Crippen molar-refractivity contribution in [1.82, 2.24) is 9.55 Å². The Hall–Kier alpha value is -2.75. The van der Waals surface area contributed by atoms with E-state index in [1.165, 1.54) is 35.9 Å². The Morgan fingerprint density at radius 3 is 2.32 bits per heavy atom. The molecule has 16 heteroatoms. The van der Waals surface area contributed by atoms with Gasteiger partial charge in [-0.1, -0.05) is 40.9 Å². The average molecular weight is 708 g/mol. The van der Waals surface area contributed by atoms with Gasteiger partial charge in [-0.25, -0.2) is 10.8 Å². The Kier molecular flexibility index (Phi) is 11.8. The van der Waals surface area contributed by atoms with Crippen molar-refractivity contribution in [1.29, 1.82) is 0 Å². The molecule has 0 fully saturated rings. The number of aryl methyl sites for hydroxylation is 1. The summed E-state index contributed by atoms with van der Waals surface area (Å²) in [5.74, 6) is 6.74. The van der Waals surface area contributed by atoms with E-state index in [4.69, 9.17) is 50.6 Å². The van der Waals surface area contributed by atoms with Crippen molar-refractivity contribution in [3.8, 4) is 16.8 Å². The maximum atomic E-state index is 13.6. The Labute approximate surface area is 278 Å². The summed E-state index contributed by atoms with van der Waals surface area (Å²) in [6.45, 7) is 1.13. The van der Waals surface area contributed by atoms with Gasteiger partial charge in [0, 0.05) is 40.6 Å². The number of hydrogen-bond acceptors (Lipinski definition) is 8. The molecule has 4 aromatic rings. The largest absolute Gasteiger partial charge is 0.434 e. The summed E-state index contributed by atoms with van der Waals surface area (Å²) in [5, 5.41) is 12.1. The molecule has 3 aromatic carbocycles. The first kappa shape index (κ1) is 35.7. The fraction of sp³-hybridized carbons (Fsp3) is 0.179. The quantitative estimate of drug-likeness (QED) is 0.0704. The Morgan fingerprint density at radius 2 is 1.75 bits per heavy atom. The van der Waals surface area contributed by atoms with Crippen molar-refractivity contribution >= 4 is 77.6 Å². The third-order valence-corrected chi connectivity index (χ3v) is 7.94. The molecule has 0 spiro atoms. The van der Waals surface area contributed by atoms with Gasteiger partial charge in [-0.3, -0.25) is 9.31 Å². The molecule has 0 aliphatic carbocycles. The Balaban J connectivity index is 0.00000529. The van der Waals surface area contributed by atoms with Crippen LogP contribution in [0, 0.1) is 6.92 Å². The number of aromatic nitrogens is 2. The number of hydrogen-bond donors (Lipinski definition) is 3. The van der Waals surface area contributed by atoms with Crippen molar-refractivity contribution in [2.24, 2.45) is 11.6 Å². The van der Waals surface area contributed by atoms with Crippen molar-refractivity contribution in [3.05, 3.63) is 98.6 Å². The molecule has 4 rings (SSSR count). The zero-order chi connectivity index (χ0) is 31.6. The highest BCUT2D eigenvalue weighted by atomic mass is 35.5. The minimum Gasteiger partial charge on any atom is -0.403 e. The zero-order valence-electron chi connectivity index (χ0n) is 23.5. The van der Waals surface area contributed by atoms with Crippen LogP contribution in [0.2, 0.25) is 15.1 Å². The van der Waals surface area contributed by atoms with E-state index < -0.39 is 11.9 Å². The second-order valence-corrected chi connectivity index (χ2v) is 11.4. The maximum absolute atomic E-state index is 13.6. The number of halogens is 6. The van der Waals surface area contributed by atoms with Crippen molar-refractivity contribution < 1.29 is 22.5 Å². The van der Waals surface area contributed by atoms with Gasteiger partial charge >= 0.3 is 6.18 Å². The van der Waals surface area contributed by atoms with Gasteiger partial charge in [0.05, 0.1) is 41.5 Å². The number of alkyl halides is 3. The highest BCUT2D eigenvalue weighted by molar-refractivity contribution is 7.96. The van der Waals surface area contributed by atoms with Gasteiger partial charge in [-0.05, 0) is 60.5 Å². The minimum atomic E-state index is -4.66. The topological polar surface area (TPSA) is 106 Å². The molecule has 0 saturated heterocycles. The maximum Gasteiger partial charge on any atom is 0.434 e. The predicted molar refractivity (Wildman–Crippen MR) is 178 cm³/mol. The average Bonchev–Trinajstić information content (AvgIpc) is 3.35. The smallest absolute Gasteiger partial charge is 0.403 e. The fourth-order valence-corrected chi connectivity index (χ4v) is 5.70. The van der Waals surface area contributed by atoms with Gasteiger partial charge in [-0.2, -0.15) is 26.7 Å². The normalized spacial score (nSPS) is 11.8. The third kappa shape index (κ3) is 7.37. The van der Waals surface area contributed by atoms with Gasteiger partial charge in [0.25, 0.3) is 0 Å². The first-order valence-electron chi connectivity index (χ1n) is 12.4. The molecule has 0 aliphatic rings. The number of aliphatic hydroxyl groups is 1. The number of rotatable bonds is 9. The lowest BCUT2D eigenvalue weighted by Gasteiger charge is -2.27. The van der Waals surface area contributed by atoms with Crippen LogP contribution in [-0.4, -0.2) is 28.8 Å². The molecule has 44 heavy (non-hydrogen) atoms. The van der Waals surface area contributed by atoms with Crippen LogP contribution < -0.4 is 20.9 Å². The molecule has 0 aliphatic heterocycles. The van der Waals surface area contributed by atoms with Crippen molar-refractivity contribution in [3.63, 3.8) is 0 Å². The summed E-state index contributed by atoms with van der Waals surface area (Å²) in [4.78, 5) is 3.71. The number of nitrogens with zero attached hydrogens (tertiary/aromatic N) is 4. The van der Waals surface area contributed by atoms with Gasteiger partial charge < -0.3 is 19.6 Å². The molecular weight excluding hydrogens is 680 g/mol. The number of benzene rings is 3. The molecular formula is C28H28Cl3F3N6O2S2. The lowest BCUT2D eigenvalue weighted by Crippen LogP contribution is -2.31. The van der Waals surface area contributed by atoms with Crippen LogP contribution in [0.15, 0.2) is 60.9 Å². The third-order valence-electron chi connectivity index (χ3n) is 6.48. The molecule has 0 bridgehead atoms. The monoisotopic (exact) mass is 706 g/mol. The van der Waals surface area contributed by atoms with Crippen LogP contribution in [-0.2, 0) is 17.0 Å². The second-order valence-electron chi connectivity index (χ2n) is 9.14. The van der Waals surface area contributed by atoms with Crippen LogP contribution >= 0.6 is 60.5 Å². The molecule has 236 valence electrons. The van der Waals surface area contributed by atoms with E-state index in [1.54, 1.807) is 53.8 Å². The summed E-state index contributed by atoms with van der Waals surface area (Å²) in [6, 6.07) is 13.2. The molecule has 0 amide bonds. The molecule has 0 atom stereocenters. The van der Waals surface area contributed by atoms with E-state index in [2.05, 4.69) is 4.98 Å². The lowest BCUT2D eigenvalue weighted by atomic mass is 10.0. The van der Waals surface area contributed by atoms with Gasteiger partial charge in [0.1, 0.15) is 18.1 Å². The number of imidazole rings is 1.